The average molecular weight is 444 g/mol. The molecule has 0 aliphatic carbocycles. The number of carboxylic acids is 1. The van der Waals surface area contributed by atoms with Crippen LogP contribution in [-0.2, 0) is 16.0 Å². The molecule has 0 heterocycles. The van der Waals surface area contributed by atoms with Gasteiger partial charge in [0.05, 0.1) is 6.54 Å². The Bertz CT molecular complexity index is 865. The van der Waals surface area contributed by atoms with Crippen LogP contribution >= 0.6 is 0 Å². The number of carbonyl (C=O) groups is 2. The highest BCUT2D eigenvalue weighted by Crippen LogP contribution is 2.18. The molecule has 0 saturated heterocycles. The molecule has 1 N–H and O–H groups in total. The van der Waals surface area contributed by atoms with Crippen LogP contribution in [0.1, 0.15) is 31.9 Å². The molecule has 2 aromatic rings. The van der Waals surface area contributed by atoms with Gasteiger partial charge in [-0.2, -0.15) is 0 Å². The van der Waals surface area contributed by atoms with Crippen LogP contribution in [0, 0.1) is 12.8 Å². The number of amides is 1. The first-order valence-electron chi connectivity index (χ1n) is 10.9. The second kappa shape index (κ2) is 12.7. The molecule has 7 heteroatoms. The zero-order chi connectivity index (χ0) is 23.5. The van der Waals surface area contributed by atoms with Gasteiger partial charge in [0.2, 0.25) is 0 Å². The molecule has 1 amide bonds. The third-order valence-corrected chi connectivity index (χ3v) is 4.75. The standard InChI is InChI=1S/C25H33NO6/c1-5-30-23(24(27)28)16-20-10-12-21(13-11-20)31-15-14-26(17-18(2)3)25(29)32-22-9-7-6-8-19(22)4/h6-13,18,23H,5,14-17H2,1-4H3,(H,27,28). The van der Waals surface area contributed by atoms with E-state index in [4.69, 9.17) is 14.2 Å². The molecule has 0 aliphatic rings. The van der Waals surface area contributed by atoms with Crippen LogP contribution in [0.15, 0.2) is 48.5 Å². The zero-order valence-corrected chi connectivity index (χ0v) is 19.2. The topological polar surface area (TPSA) is 85.3 Å². The second-order valence-corrected chi connectivity index (χ2v) is 7.95. The first-order chi connectivity index (χ1) is 15.3. The van der Waals surface area contributed by atoms with Crippen LogP contribution in [0.2, 0.25) is 0 Å². The van der Waals surface area contributed by atoms with Crippen LogP contribution in [0.3, 0.4) is 0 Å². The van der Waals surface area contributed by atoms with Crippen molar-refractivity contribution >= 4 is 12.1 Å². The molecule has 0 bridgehead atoms. The molecular weight excluding hydrogens is 410 g/mol. The molecule has 1 unspecified atom stereocenters. The summed E-state index contributed by atoms with van der Waals surface area (Å²) >= 11 is 0. The smallest absolute Gasteiger partial charge is 0.415 e. The maximum atomic E-state index is 12.7. The van der Waals surface area contributed by atoms with Gasteiger partial charge in [0.15, 0.2) is 6.10 Å². The molecule has 0 saturated carbocycles. The molecule has 32 heavy (non-hydrogen) atoms. The van der Waals surface area contributed by atoms with Crippen molar-refractivity contribution in [3.05, 3.63) is 59.7 Å². The van der Waals surface area contributed by atoms with Gasteiger partial charge in [0.1, 0.15) is 18.1 Å². The van der Waals surface area contributed by atoms with Crippen molar-refractivity contribution in [2.75, 3.05) is 26.3 Å². The number of aryl methyl sites for hydroxylation is 1. The number of benzene rings is 2. The van der Waals surface area contributed by atoms with Crippen molar-refractivity contribution in [2.24, 2.45) is 5.92 Å². The summed E-state index contributed by atoms with van der Waals surface area (Å²) < 4.78 is 16.6. The lowest BCUT2D eigenvalue weighted by Gasteiger charge is -2.24. The van der Waals surface area contributed by atoms with E-state index in [1.807, 2.05) is 51.1 Å². The summed E-state index contributed by atoms with van der Waals surface area (Å²) in [6, 6.07) is 14.6. The predicted molar refractivity (Wildman–Crippen MR) is 122 cm³/mol. The van der Waals surface area contributed by atoms with E-state index in [9.17, 15) is 14.7 Å². The minimum atomic E-state index is -0.977. The molecule has 0 spiro atoms. The summed E-state index contributed by atoms with van der Waals surface area (Å²) in [7, 11) is 0. The van der Waals surface area contributed by atoms with Crippen molar-refractivity contribution in [3.63, 3.8) is 0 Å². The Morgan fingerprint density at radius 3 is 2.34 bits per heavy atom. The number of ether oxygens (including phenoxy) is 3. The van der Waals surface area contributed by atoms with Gasteiger partial charge >= 0.3 is 12.1 Å². The number of para-hydroxylation sites is 1. The van der Waals surface area contributed by atoms with Gasteiger partial charge < -0.3 is 24.2 Å². The Morgan fingerprint density at radius 1 is 1.06 bits per heavy atom. The van der Waals surface area contributed by atoms with Crippen LogP contribution in [-0.4, -0.2) is 54.5 Å². The summed E-state index contributed by atoms with van der Waals surface area (Å²) in [6.45, 7) is 9.35. The zero-order valence-electron chi connectivity index (χ0n) is 19.2. The van der Waals surface area contributed by atoms with Crippen molar-refractivity contribution in [3.8, 4) is 11.5 Å². The molecule has 0 radical (unpaired) electrons. The fourth-order valence-electron chi connectivity index (χ4n) is 3.16. The number of rotatable bonds is 12. The molecule has 2 rings (SSSR count). The van der Waals surface area contributed by atoms with Gasteiger partial charge in [-0.05, 0) is 49.1 Å². The van der Waals surface area contributed by atoms with E-state index in [2.05, 4.69) is 0 Å². The van der Waals surface area contributed by atoms with Gasteiger partial charge in [-0.3, -0.25) is 0 Å². The molecule has 1 atom stereocenters. The van der Waals surface area contributed by atoms with Gasteiger partial charge in [0, 0.05) is 19.6 Å². The number of aliphatic carboxylic acids is 1. The molecule has 0 aromatic heterocycles. The largest absolute Gasteiger partial charge is 0.492 e. The van der Waals surface area contributed by atoms with Crippen LogP contribution in [0.4, 0.5) is 4.79 Å². The Labute approximate surface area is 189 Å². The van der Waals surface area contributed by atoms with E-state index in [0.717, 1.165) is 11.1 Å². The Kier molecular flexibility index (Phi) is 10.0. The summed E-state index contributed by atoms with van der Waals surface area (Å²) in [4.78, 5) is 25.6. The third-order valence-electron chi connectivity index (χ3n) is 4.75. The highest BCUT2D eigenvalue weighted by molar-refractivity contribution is 5.72. The van der Waals surface area contributed by atoms with Gasteiger partial charge in [0.25, 0.3) is 0 Å². The highest BCUT2D eigenvalue weighted by atomic mass is 16.6. The Morgan fingerprint density at radius 2 is 1.75 bits per heavy atom. The van der Waals surface area contributed by atoms with Crippen molar-refractivity contribution in [1.29, 1.82) is 0 Å². The second-order valence-electron chi connectivity index (χ2n) is 7.95. The van der Waals surface area contributed by atoms with Crippen LogP contribution in [0.25, 0.3) is 0 Å². The van der Waals surface area contributed by atoms with Crippen LogP contribution in [0.5, 0.6) is 11.5 Å². The molecule has 0 aliphatic heterocycles. The van der Waals surface area contributed by atoms with E-state index in [-0.39, 0.29) is 12.3 Å². The van der Waals surface area contributed by atoms with E-state index in [1.165, 1.54) is 0 Å². The lowest BCUT2D eigenvalue weighted by atomic mass is 10.1. The first kappa shape index (κ1) is 25.2. The third kappa shape index (κ3) is 8.23. The maximum absolute atomic E-state index is 12.7. The summed E-state index contributed by atoms with van der Waals surface area (Å²) in [5.74, 6) is 0.504. The van der Waals surface area contributed by atoms with E-state index < -0.39 is 18.2 Å². The number of carbonyl (C=O) groups excluding carboxylic acids is 1. The van der Waals surface area contributed by atoms with E-state index >= 15 is 0 Å². The molecule has 174 valence electrons. The number of carboxylic acid groups (broad SMARTS) is 1. The average Bonchev–Trinajstić information content (AvgIpc) is 2.75. The normalized spacial score (nSPS) is 11.8. The van der Waals surface area contributed by atoms with Crippen molar-refractivity contribution in [1.82, 2.24) is 4.90 Å². The molecule has 2 aromatic carbocycles. The van der Waals surface area contributed by atoms with Crippen molar-refractivity contribution in [2.45, 2.75) is 40.2 Å². The number of hydrogen-bond donors (Lipinski definition) is 1. The first-order valence-corrected chi connectivity index (χ1v) is 10.9. The molecular formula is C25H33NO6. The number of hydrogen-bond acceptors (Lipinski definition) is 5. The lowest BCUT2D eigenvalue weighted by Crippen LogP contribution is -2.39. The fraction of sp³-hybridized carbons (Fsp3) is 0.440. The Hall–Kier alpha value is -3.06. The fourth-order valence-corrected chi connectivity index (χ4v) is 3.16. The van der Waals surface area contributed by atoms with Crippen molar-refractivity contribution < 1.29 is 28.9 Å². The lowest BCUT2D eigenvalue weighted by molar-refractivity contribution is -0.149. The van der Waals surface area contributed by atoms with E-state index in [1.54, 1.807) is 30.0 Å². The molecule has 7 nitrogen and oxygen atoms in total. The van der Waals surface area contributed by atoms with Gasteiger partial charge in [-0.15, -0.1) is 0 Å². The van der Waals surface area contributed by atoms with Crippen LogP contribution < -0.4 is 9.47 Å². The summed E-state index contributed by atoms with van der Waals surface area (Å²) in [6.07, 6.45) is -0.977. The minimum absolute atomic E-state index is 0.284. The summed E-state index contributed by atoms with van der Waals surface area (Å²) in [5.41, 5.74) is 1.75. The van der Waals surface area contributed by atoms with Gasteiger partial charge in [-0.25, -0.2) is 9.59 Å². The summed E-state index contributed by atoms with van der Waals surface area (Å²) in [5, 5.41) is 9.21. The van der Waals surface area contributed by atoms with Gasteiger partial charge in [-0.1, -0.05) is 44.2 Å². The quantitative estimate of drug-likeness (QED) is 0.518. The van der Waals surface area contributed by atoms with E-state index in [0.29, 0.717) is 37.8 Å². The monoisotopic (exact) mass is 443 g/mol. The SMILES string of the molecule is CCOC(Cc1ccc(OCCN(CC(C)C)C(=O)Oc2ccccc2C)cc1)C(=O)O. The minimum Gasteiger partial charge on any atom is -0.492 e. The number of nitrogens with zero attached hydrogens (tertiary/aromatic N) is 1. The highest BCUT2D eigenvalue weighted by Gasteiger charge is 2.19. The Balaban J connectivity index is 1.91. The predicted octanol–water partition coefficient (Wildman–Crippen LogP) is 4.56. The maximum Gasteiger partial charge on any atom is 0.415 e. The molecule has 0 fully saturated rings.